The number of anilines is 1. The van der Waals surface area contributed by atoms with E-state index in [1.807, 2.05) is 12.1 Å². The summed E-state index contributed by atoms with van der Waals surface area (Å²) in [7, 11) is 0. The van der Waals surface area contributed by atoms with Gasteiger partial charge >= 0.3 is 12.2 Å². The maximum Gasteiger partial charge on any atom is 0.416 e. The number of benzene rings is 1. The predicted molar refractivity (Wildman–Crippen MR) is 105 cm³/mol. The lowest BCUT2D eigenvalue weighted by Crippen LogP contribution is -2.41. The van der Waals surface area contributed by atoms with E-state index in [9.17, 15) is 23.1 Å². The van der Waals surface area contributed by atoms with Crippen LogP contribution in [0.2, 0.25) is 0 Å². The second-order valence-corrected chi connectivity index (χ2v) is 7.31. The topological polar surface area (TPSA) is 83.5 Å². The molecule has 0 radical (unpaired) electrons. The smallest absolute Gasteiger partial charge is 0.392 e. The van der Waals surface area contributed by atoms with Crippen LogP contribution in [0.4, 0.5) is 23.7 Å². The summed E-state index contributed by atoms with van der Waals surface area (Å²) in [6.45, 7) is -0.0434. The number of carbonyl (C=O) groups is 1. The molecule has 1 heterocycles. The van der Waals surface area contributed by atoms with Crippen LogP contribution in [0.1, 0.15) is 42.4 Å². The van der Waals surface area contributed by atoms with E-state index in [1.54, 1.807) is 12.4 Å². The quantitative estimate of drug-likeness (QED) is 0.649. The lowest BCUT2D eigenvalue weighted by atomic mass is 9.93. The molecule has 3 N–H and O–H groups in total. The third-order valence-electron chi connectivity index (χ3n) is 5.01. The van der Waals surface area contributed by atoms with Crippen molar-refractivity contribution in [3.05, 3.63) is 59.4 Å². The van der Waals surface area contributed by atoms with Gasteiger partial charge in [0.25, 0.3) is 0 Å². The zero-order valence-corrected chi connectivity index (χ0v) is 16.3. The molecule has 1 fully saturated rings. The van der Waals surface area contributed by atoms with Gasteiger partial charge < -0.3 is 20.5 Å². The number of urea groups is 1. The first-order valence-corrected chi connectivity index (χ1v) is 9.73. The Morgan fingerprint density at radius 2 is 1.80 bits per heavy atom. The molecule has 1 saturated carbocycles. The number of alkyl halides is 3. The van der Waals surface area contributed by atoms with Crippen molar-refractivity contribution in [3.63, 3.8) is 0 Å². The lowest BCUT2D eigenvalue weighted by molar-refractivity contribution is -0.137. The molecule has 1 aromatic heterocycles. The van der Waals surface area contributed by atoms with E-state index in [0.717, 1.165) is 43.4 Å². The third-order valence-corrected chi connectivity index (χ3v) is 5.01. The van der Waals surface area contributed by atoms with E-state index in [1.165, 1.54) is 6.07 Å². The summed E-state index contributed by atoms with van der Waals surface area (Å²) in [5, 5.41) is 14.4. The van der Waals surface area contributed by atoms with E-state index in [4.69, 9.17) is 4.74 Å². The molecule has 2 amide bonds. The molecule has 6 nitrogen and oxygen atoms in total. The Labute approximate surface area is 172 Å². The number of amides is 2. The molecule has 0 saturated heterocycles. The normalized spacial score (nSPS) is 19.3. The van der Waals surface area contributed by atoms with E-state index < -0.39 is 24.4 Å². The molecule has 2 aromatic rings. The number of rotatable bonds is 6. The summed E-state index contributed by atoms with van der Waals surface area (Å²) in [6.07, 6.45) is 1.99. The van der Waals surface area contributed by atoms with E-state index in [0.29, 0.717) is 6.61 Å². The molecule has 30 heavy (non-hydrogen) atoms. The first kappa shape index (κ1) is 22.0. The number of pyridine rings is 1. The van der Waals surface area contributed by atoms with Gasteiger partial charge in [-0.05, 0) is 67.1 Å². The van der Waals surface area contributed by atoms with Gasteiger partial charge in [-0.15, -0.1) is 0 Å². The summed E-state index contributed by atoms with van der Waals surface area (Å²) in [5.74, 6) is 0. The Bertz CT molecular complexity index is 838. The highest BCUT2D eigenvalue weighted by Gasteiger charge is 2.31. The summed E-state index contributed by atoms with van der Waals surface area (Å²) in [6, 6.07) is 6.17. The number of aliphatic hydroxyl groups excluding tert-OH is 1. The minimum atomic E-state index is -4.56. The van der Waals surface area contributed by atoms with Crippen molar-refractivity contribution in [1.82, 2.24) is 10.3 Å². The third kappa shape index (κ3) is 6.43. The molecular formula is C21H24F3N3O3. The molecule has 3 rings (SSSR count). The number of aromatic nitrogens is 1. The maximum atomic E-state index is 13.0. The summed E-state index contributed by atoms with van der Waals surface area (Å²) in [4.78, 5) is 16.2. The number of halogens is 3. The fourth-order valence-corrected chi connectivity index (χ4v) is 3.44. The largest absolute Gasteiger partial charge is 0.416 e. The summed E-state index contributed by atoms with van der Waals surface area (Å²) in [5.41, 5.74) is 0.192. The van der Waals surface area contributed by atoms with Crippen molar-refractivity contribution in [2.45, 2.75) is 57.2 Å². The Morgan fingerprint density at radius 1 is 1.10 bits per heavy atom. The highest BCUT2D eigenvalue weighted by molar-refractivity contribution is 5.89. The maximum absolute atomic E-state index is 13.0. The molecule has 0 aliphatic heterocycles. The Balaban J connectivity index is 1.47. The van der Waals surface area contributed by atoms with Gasteiger partial charge in [-0.1, -0.05) is 0 Å². The predicted octanol–water partition coefficient (Wildman–Crippen LogP) is 4.24. The fourth-order valence-electron chi connectivity index (χ4n) is 3.44. The number of aliphatic hydroxyl groups is 1. The van der Waals surface area contributed by atoms with E-state index in [-0.39, 0.29) is 23.4 Å². The van der Waals surface area contributed by atoms with Crippen molar-refractivity contribution in [1.29, 1.82) is 0 Å². The van der Waals surface area contributed by atoms with Gasteiger partial charge in [0.15, 0.2) is 0 Å². The zero-order valence-electron chi connectivity index (χ0n) is 16.3. The second kappa shape index (κ2) is 9.90. The van der Waals surface area contributed by atoms with Crippen molar-refractivity contribution in [3.8, 4) is 0 Å². The van der Waals surface area contributed by atoms with Crippen molar-refractivity contribution in [2.75, 3.05) is 5.32 Å². The van der Waals surface area contributed by atoms with Crippen LogP contribution in [-0.2, 0) is 24.1 Å². The van der Waals surface area contributed by atoms with Gasteiger partial charge in [-0.25, -0.2) is 4.79 Å². The molecule has 0 unspecified atom stereocenters. The monoisotopic (exact) mass is 423 g/mol. The molecule has 1 aliphatic carbocycles. The number of carbonyl (C=O) groups excluding carboxylic acids is 1. The van der Waals surface area contributed by atoms with Crippen LogP contribution in [0, 0.1) is 0 Å². The fraction of sp³-hybridized carbons (Fsp3) is 0.429. The van der Waals surface area contributed by atoms with Crippen LogP contribution in [-0.4, -0.2) is 28.3 Å². The van der Waals surface area contributed by atoms with Gasteiger partial charge in [-0.2, -0.15) is 13.2 Å². The molecule has 1 aromatic carbocycles. The van der Waals surface area contributed by atoms with Crippen molar-refractivity contribution >= 4 is 11.7 Å². The van der Waals surface area contributed by atoms with Gasteiger partial charge in [0, 0.05) is 24.1 Å². The highest BCUT2D eigenvalue weighted by Crippen LogP contribution is 2.32. The Hall–Kier alpha value is -2.65. The minimum absolute atomic E-state index is 0.0132. The van der Waals surface area contributed by atoms with Crippen LogP contribution in [0.15, 0.2) is 42.7 Å². The lowest BCUT2D eigenvalue weighted by Gasteiger charge is -2.29. The van der Waals surface area contributed by atoms with Gasteiger partial charge in [-0.3, -0.25) is 4.98 Å². The van der Waals surface area contributed by atoms with Gasteiger partial charge in [0.1, 0.15) is 0 Å². The summed E-state index contributed by atoms with van der Waals surface area (Å²) < 4.78 is 44.8. The summed E-state index contributed by atoms with van der Waals surface area (Å²) >= 11 is 0. The molecular weight excluding hydrogens is 399 g/mol. The average molecular weight is 423 g/mol. The van der Waals surface area contributed by atoms with Crippen LogP contribution in [0.25, 0.3) is 0 Å². The molecule has 0 bridgehead atoms. The SMILES string of the molecule is O=C(Nc1cc(CO)cc(C(F)(F)F)c1)NC1CCC(OCc2ccncc2)CC1. The molecule has 162 valence electrons. The molecule has 1 aliphatic rings. The van der Waals surface area contributed by atoms with Crippen molar-refractivity contribution < 1.29 is 27.8 Å². The first-order valence-electron chi connectivity index (χ1n) is 9.73. The molecule has 9 heteroatoms. The number of ether oxygens (including phenoxy) is 1. The Morgan fingerprint density at radius 3 is 2.43 bits per heavy atom. The van der Waals surface area contributed by atoms with Crippen molar-refractivity contribution in [2.24, 2.45) is 0 Å². The Kier molecular flexibility index (Phi) is 7.28. The second-order valence-electron chi connectivity index (χ2n) is 7.31. The average Bonchev–Trinajstić information content (AvgIpc) is 2.73. The minimum Gasteiger partial charge on any atom is -0.392 e. The number of hydrogen-bond acceptors (Lipinski definition) is 4. The highest BCUT2D eigenvalue weighted by atomic mass is 19.4. The number of nitrogens with one attached hydrogen (secondary N) is 2. The van der Waals surface area contributed by atoms with E-state index in [2.05, 4.69) is 15.6 Å². The van der Waals surface area contributed by atoms with Gasteiger partial charge in [0.2, 0.25) is 0 Å². The standard InChI is InChI=1S/C21H24F3N3O3/c22-21(23,24)16-9-15(12-28)10-18(11-16)27-20(29)26-17-1-3-19(4-2-17)30-13-14-5-7-25-8-6-14/h5-11,17,19,28H,1-4,12-13H2,(H2,26,27,29). The van der Waals surface area contributed by atoms with Gasteiger partial charge in [0.05, 0.1) is 24.9 Å². The number of nitrogens with zero attached hydrogens (tertiary/aromatic N) is 1. The van der Waals surface area contributed by atoms with Crippen LogP contribution in [0.3, 0.4) is 0 Å². The molecule has 0 atom stereocenters. The van der Waals surface area contributed by atoms with Crippen LogP contribution < -0.4 is 10.6 Å². The van der Waals surface area contributed by atoms with Crippen LogP contribution in [0.5, 0.6) is 0 Å². The number of hydrogen-bond donors (Lipinski definition) is 3. The first-order chi connectivity index (χ1) is 14.3. The zero-order chi connectivity index (χ0) is 21.6. The van der Waals surface area contributed by atoms with E-state index >= 15 is 0 Å². The van der Waals surface area contributed by atoms with Crippen LogP contribution >= 0.6 is 0 Å². The molecule has 0 spiro atoms.